The number of anilines is 1. The second-order valence-electron chi connectivity index (χ2n) is 6.63. The van der Waals surface area contributed by atoms with Crippen LogP contribution < -0.4 is 10.6 Å². The number of hydrogen-bond donors (Lipinski definition) is 2. The molecule has 1 amide bonds. The van der Waals surface area contributed by atoms with Gasteiger partial charge in [0.1, 0.15) is 0 Å². The number of thiocarbonyl (C=S) groups is 1. The summed E-state index contributed by atoms with van der Waals surface area (Å²) in [7, 11) is 2.46. The van der Waals surface area contributed by atoms with Crippen LogP contribution in [-0.4, -0.2) is 37.2 Å². The van der Waals surface area contributed by atoms with Crippen LogP contribution in [0.5, 0.6) is 0 Å². The average Bonchev–Trinajstić information content (AvgIpc) is 2.83. The van der Waals surface area contributed by atoms with E-state index in [-0.39, 0.29) is 16.2 Å². The molecule has 0 aliphatic rings. The Morgan fingerprint density at radius 1 is 0.719 bits per heavy atom. The first-order valence-corrected chi connectivity index (χ1v) is 9.91. The lowest BCUT2D eigenvalue weighted by Crippen LogP contribution is -2.34. The molecule has 162 valence electrons. The minimum Gasteiger partial charge on any atom is -0.465 e. The molecule has 0 bridgehead atoms. The molecule has 0 unspecified atom stereocenters. The molecule has 3 rings (SSSR count). The lowest BCUT2D eigenvalue weighted by molar-refractivity contribution is 0.0599. The third-order valence-electron chi connectivity index (χ3n) is 4.51. The third-order valence-corrected chi connectivity index (χ3v) is 4.72. The van der Waals surface area contributed by atoms with E-state index < -0.39 is 17.8 Å². The number of hydrogen-bond acceptors (Lipinski definition) is 6. The highest BCUT2D eigenvalue weighted by molar-refractivity contribution is 7.80. The van der Waals surface area contributed by atoms with Gasteiger partial charge in [0.2, 0.25) is 0 Å². The first kappa shape index (κ1) is 22.6. The van der Waals surface area contributed by atoms with Gasteiger partial charge in [-0.25, -0.2) is 9.59 Å². The molecule has 3 aromatic carbocycles. The zero-order valence-electron chi connectivity index (χ0n) is 17.4. The Balaban J connectivity index is 1.71. The van der Waals surface area contributed by atoms with E-state index in [1.807, 2.05) is 42.5 Å². The summed E-state index contributed by atoms with van der Waals surface area (Å²) < 4.78 is 9.41. The maximum absolute atomic E-state index is 12.5. The standard InChI is InChI=1S/C24H20N2O5S/c1-30-22(28)18-12-19(23(29)31-2)14-20(13-18)25-24(32)26-21(27)17-10-8-16(9-11-17)15-6-4-3-5-7-15/h3-14H,1-2H3,(H2,25,26,27,32). The number of amides is 1. The van der Waals surface area contributed by atoms with Gasteiger partial charge < -0.3 is 14.8 Å². The number of nitrogens with one attached hydrogen (secondary N) is 2. The normalized spacial score (nSPS) is 10.1. The van der Waals surface area contributed by atoms with Crippen molar-refractivity contribution >= 4 is 40.9 Å². The molecule has 8 heteroatoms. The SMILES string of the molecule is COC(=O)c1cc(NC(=S)NC(=O)c2ccc(-c3ccccc3)cc2)cc(C(=O)OC)c1. The molecule has 7 nitrogen and oxygen atoms in total. The molecule has 2 N–H and O–H groups in total. The molecule has 0 fully saturated rings. The Bertz CT molecular complexity index is 1130. The van der Waals surface area contributed by atoms with Gasteiger partial charge in [0.25, 0.3) is 5.91 Å². The molecule has 0 saturated heterocycles. The number of carbonyl (C=O) groups is 3. The summed E-state index contributed by atoms with van der Waals surface area (Å²) in [5.41, 5.74) is 3.03. The Morgan fingerprint density at radius 3 is 1.78 bits per heavy atom. The van der Waals surface area contributed by atoms with Crippen LogP contribution in [0.4, 0.5) is 5.69 Å². The van der Waals surface area contributed by atoms with Crippen LogP contribution in [0.3, 0.4) is 0 Å². The molecule has 0 aromatic heterocycles. The number of benzene rings is 3. The average molecular weight is 449 g/mol. The first-order chi connectivity index (χ1) is 15.4. The van der Waals surface area contributed by atoms with Gasteiger partial charge in [-0.1, -0.05) is 42.5 Å². The maximum Gasteiger partial charge on any atom is 0.337 e. The number of ether oxygens (including phenoxy) is 2. The Morgan fingerprint density at radius 2 is 1.25 bits per heavy atom. The van der Waals surface area contributed by atoms with Crippen molar-refractivity contribution in [1.82, 2.24) is 5.32 Å². The largest absolute Gasteiger partial charge is 0.465 e. The Kier molecular flexibility index (Phi) is 7.30. The quantitative estimate of drug-likeness (QED) is 0.449. The lowest BCUT2D eigenvalue weighted by Gasteiger charge is -2.12. The van der Waals surface area contributed by atoms with E-state index >= 15 is 0 Å². The van der Waals surface area contributed by atoms with Crippen molar-refractivity contribution in [2.75, 3.05) is 19.5 Å². The van der Waals surface area contributed by atoms with Gasteiger partial charge in [0.05, 0.1) is 25.3 Å². The van der Waals surface area contributed by atoms with Crippen LogP contribution in [0.15, 0.2) is 72.8 Å². The minimum absolute atomic E-state index is 0.0000301. The summed E-state index contributed by atoms with van der Waals surface area (Å²) in [5.74, 6) is -1.67. The van der Waals surface area contributed by atoms with Crippen molar-refractivity contribution in [3.05, 3.63) is 89.5 Å². The van der Waals surface area contributed by atoms with Gasteiger partial charge >= 0.3 is 11.9 Å². The lowest BCUT2D eigenvalue weighted by atomic mass is 10.0. The fraction of sp³-hybridized carbons (Fsp3) is 0.0833. The number of rotatable bonds is 5. The van der Waals surface area contributed by atoms with Crippen LogP contribution >= 0.6 is 12.2 Å². The van der Waals surface area contributed by atoms with Crippen LogP contribution in [0.1, 0.15) is 31.1 Å². The highest BCUT2D eigenvalue weighted by Gasteiger charge is 2.15. The molecule has 0 atom stereocenters. The summed E-state index contributed by atoms with van der Waals surface area (Å²) in [5, 5.41) is 5.38. The van der Waals surface area contributed by atoms with Gasteiger partial charge in [-0.2, -0.15) is 0 Å². The summed E-state index contributed by atoms with van der Waals surface area (Å²) in [6.45, 7) is 0. The predicted molar refractivity (Wildman–Crippen MR) is 125 cm³/mol. The van der Waals surface area contributed by atoms with E-state index in [2.05, 4.69) is 10.6 Å². The van der Waals surface area contributed by atoms with E-state index in [0.29, 0.717) is 11.3 Å². The van der Waals surface area contributed by atoms with Crippen molar-refractivity contribution < 1.29 is 23.9 Å². The van der Waals surface area contributed by atoms with Crippen molar-refractivity contribution in [1.29, 1.82) is 0 Å². The van der Waals surface area contributed by atoms with Gasteiger partial charge in [-0.3, -0.25) is 10.1 Å². The molecule has 0 aliphatic carbocycles. The molecule has 0 saturated carbocycles. The van der Waals surface area contributed by atoms with Crippen LogP contribution in [-0.2, 0) is 9.47 Å². The van der Waals surface area contributed by atoms with Crippen molar-refractivity contribution in [3.63, 3.8) is 0 Å². The first-order valence-electron chi connectivity index (χ1n) is 9.51. The van der Waals surface area contributed by atoms with E-state index in [9.17, 15) is 14.4 Å². The van der Waals surface area contributed by atoms with Gasteiger partial charge in [-0.05, 0) is 53.7 Å². The zero-order chi connectivity index (χ0) is 23.1. The second-order valence-corrected chi connectivity index (χ2v) is 7.04. The Hall–Kier alpha value is -4.04. The molecule has 32 heavy (non-hydrogen) atoms. The smallest absolute Gasteiger partial charge is 0.337 e. The molecular weight excluding hydrogens is 428 g/mol. The molecule has 0 heterocycles. The Labute approximate surface area is 190 Å². The maximum atomic E-state index is 12.5. The van der Waals surface area contributed by atoms with Crippen LogP contribution in [0, 0.1) is 0 Å². The number of carbonyl (C=O) groups excluding carboxylic acids is 3. The summed E-state index contributed by atoms with van der Waals surface area (Å²) >= 11 is 5.21. The molecule has 0 spiro atoms. The molecular formula is C24H20N2O5S. The summed E-state index contributed by atoms with van der Waals surface area (Å²) in [4.78, 5) is 36.4. The van der Waals surface area contributed by atoms with E-state index in [0.717, 1.165) is 11.1 Å². The predicted octanol–water partition coefficient (Wildman–Crippen LogP) is 4.05. The van der Waals surface area contributed by atoms with Crippen molar-refractivity contribution in [3.8, 4) is 11.1 Å². The number of methoxy groups -OCH3 is 2. The summed E-state index contributed by atoms with van der Waals surface area (Å²) in [6, 6.07) is 21.2. The van der Waals surface area contributed by atoms with Gasteiger partial charge in [-0.15, -0.1) is 0 Å². The van der Waals surface area contributed by atoms with Crippen LogP contribution in [0.2, 0.25) is 0 Å². The third kappa shape index (κ3) is 5.55. The summed E-state index contributed by atoms with van der Waals surface area (Å²) in [6.07, 6.45) is 0. The van der Waals surface area contributed by atoms with E-state index in [1.54, 1.807) is 12.1 Å². The van der Waals surface area contributed by atoms with Crippen molar-refractivity contribution in [2.45, 2.75) is 0 Å². The molecule has 0 radical (unpaired) electrons. The second kappa shape index (κ2) is 10.3. The van der Waals surface area contributed by atoms with Gasteiger partial charge in [0, 0.05) is 11.3 Å². The zero-order valence-corrected chi connectivity index (χ0v) is 18.2. The number of esters is 2. The van der Waals surface area contributed by atoms with Crippen molar-refractivity contribution in [2.24, 2.45) is 0 Å². The van der Waals surface area contributed by atoms with Crippen LogP contribution in [0.25, 0.3) is 11.1 Å². The minimum atomic E-state index is -0.632. The molecule has 3 aromatic rings. The molecule has 0 aliphatic heterocycles. The topological polar surface area (TPSA) is 93.7 Å². The van der Waals surface area contributed by atoms with E-state index in [1.165, 1.54) is 32.4 Å². The van der Waals surface area contributed by atoms with E-state index in [4.69, 9.17) is 21.7 Å². The fourth-order valence-corrected chi connectivity index (χ4v) is 3.16. The monoisotopic (exact) mass is 448 g/mol. The fourth-order valence-electron chi connectivity index (χ4n) is 2.95. The highest BCUT2D eigenvalue weighted by Crippen LogP contribution is 2.20. The highest BCUT2D eigenvalue weighted by atomic mass is 32.1. The van der Waals surface area contributed by atoms with Gasteiger partial charge in [0.15, 0.2) is 5.11 Å².